The van der Waals surface area contributed by atoms with Crippen LogP contribution in [-0.4, -0.2) is 18.9 Å². The summed E-state index contributed by atoms with van der Waals surface area (Å²) in [6.07, 6.45) is 1.87. The Morgan fingerprint density at radius 1 is 0.829 bits per heavy atom. The number of benzene rings is 3. The summed E-state index contributed by atoms with van der Waals surface area (Å²) < 4.78 is 10.5. The van der Waals surface area contributed by atoms with E-state index in [4.69, 9.17) is 26.3 Å². The number of ether oxygens (including phenoxy) is 1. The average Bonchev–Trinajstić information content (AvgIpc) is 3.34. The molecule has 3 aromatic heterocycles. The lowest BCUT2D eigenvalue weighted by atomic mass is 9.88. The Hall–Kier alpha value is -3.83. The Morgan fingerprint density at radius 3 is 2.43 bits per heavy atom. The first-order valence-corrected chi connectivity index (χ1v) is 12.0. The summed E-state index contributed by atoms with van der Waals surface area (Å²) in [5, 5.41) is 0.635. The molecule has 5 nitrogen and oxygen atoms in total. The van der Waals surface area contributed by atoms with Crippen LogP contribution in [0.2, 0.25) is 5.02 Å². The predicted octanol–water partition coefficient (Wildman–Crippen LogP) is 7.88. The molecular formula is C29H25ClN4O. The van der Waals surface area contributed by atoms with Crippen molar-refractivity contribution < 1.29 is 4.74 Å². The number of para-hydroxylation sites is 1. The van der Waals surface area contributed by atoms with E-state index in [-0.39, 0.29) is 5.41 Å². The third kappa shape index (κ3) is 3.63. The van der Waals surface area contributed by atoms with Gasteiger partial charge in [-0.1, -0.05) is 50.6 Å². The first-order valence-electron chi connectivity index (χ1n) is 11.6. The topological polar surface area (TPSA) is 44.3 Å². The molecule has 0 radical (unpaired) electrons. The van der Waals surface area contributed by atoms with Gasteiger partial charge in [-0.25, -0.2) is 9.97 Å². The molecule has 6 heteroatoms. The molecule has 174 valence electrons. The lowest BCUT2D eigenvalue weighted by Gasteiger charge is -2.19. The van der Waals surface area contributed by atoms with Crippen LogP contribution in [0.1, 0.15) is 31.9 Å². The molecule has 0 amide bonds. The Labute approximate surface area is 208 Å². The van der Waals surface area contributed by atoms with Crippen LogP contribution in [0, 0.1) is 6.92 Å². The third-order valence-corrected chi connectivity index (χ3v) is 6.61. The fourth-order valence-electron chi connectivity index (χ4n) is 4.56. The standard InChI is InChI=1S/C29H25ClN4O/c1-18-7-5-10-24-27(18)32-28-33(24)23-12-11-22(35-21-9-6-8-20(30)16-21)17-25(23)34(28)26-15-19(13-14-31-26)29(2,3)4/h5-17H,1-4H3. The van der Waals surface area contributed by atoms with Crippen LogP contribution in [0.15, 0.2) is 79.0 Å². The van der Waals surface area contributed by atoms with Gasteiger partial charge < -0.3 is 4.74 Å². The zero-order chi connectivity index (χ0) is 24.3. The van der Waals surface area contributed by atoms with Crippen LogP contribution in [0.3, 0.4) is 0 Å². The summed E-state index contributed by atoms with van der Waals surface area (Å²) in [5.74, 6) is 3.05. The normalized spacial score (nSPS) is 12.1. The molecule has 0 aliphatic rings. The number of hydrogen-bond acceptors (Lipinski definition) is 3. The van der Waals surface area contributed by atoms with Gasteiger partial charge in [-0.15, -0.1) is 0 Å². The number of pyridine rings is 1. The van der Waals surface area contributed by atoms with Crippen molar-refractivity contribution in [2.75, 3.05) is 0 Å². The van der Waals surface area contributed by atoms with Crippen LogP contribution in [0.4, 0.5) is 0 Å². The van der Waals surface area contributed by atoms with Crippen LogP contribution in [0.5, 0.6) is 11.5 Å². The maximum atomic E-state index is 6.17. The molecule has 0 atom stereocenters. The smallest absolute Gasteiger partial charge is 0.221 e. The number of imidazole rings is 2. The number of halogens is 1. The number of aryl methyl sites for hydroxylation is 1. The van der Waals surface area contributed by atoms with Crippen LogP contribution >= 0.6 is 11.6 Å². The van der Waals surface area contributed by atoms with Gasteiger partial charge in [0, 0.05) is 17.3 Å². The zero-order valence-corrected chi connectivity index (χ0v) is 20.8. The Bertz CT molecular complexity index is 1740. The molecular weight excluding hydrogens is 456 g/mol. The second-order valence-electron chi connectivity index (χ2n) is 9.89. The van der Waals surface area contributed by atoms with Gasteiger partial charge in [-0.2, -0.15) is 0 Å². The molecule has 35 heavy (non-hydrogen) atoms. The maximum absolute atomic E-state index is 6.17. The van der Waals surface area contributed by atoms with Gasteiger partial charge in [0.25, 0.3) is 0 Å². The summed E-state index contributed by atoms with van der Waals surface area (Å²) in [6, 6.07) is 24.0. The van der Waals surface area contributed by atoms with Gasteiger partial charge >= 0.3 is 0 Å². The highest BCUT2D eigenvalue weighted by Gasteiger charge is 2.21. The minimum absolute atomic E-state index is 0.00545. The van der Waals surface area contributed by atoms with Crippen molar-refractivity contribution >= 4 is 39.4 Å². The van der Waals surface area contributed by atoms with Crippen molar-refractivity contribution in [3.8, 4) is 17.3 Å². The predicted molar refractivity (Wildman–Crippen MR) is 142 cm³/mol. The van der Waals surface area contributed by atoms with Gasteiger partial charge in [0.1, 0.15) is 17.3 Å². The minimum atomic E-state index is -0.00545. The van der Waals surface area contributed by atoms with Crippen LogP contribution in [-0.2, 0) is 5.41 Å². The Kier molecular flexibility index (Phi) is 4.87. The SMILES string of the molecule is Cc1cccc2c1nc1n(-c3cc(C(C)(C)C)ccn3)c3cc(Oc4cccc(Cl)c4)ccc3n21. The highest BCUT2D eigenvalue weighted by atomic mass is 35.5. The third-order valence-electron chi connectivity index (χ3n) is 6.37. The summed E-state index contributed by atoms with van der Waals surface area (Å²) in [4.78, 5) is 9.84. The van der Waals surface area contributed by atoms with E-state index >= 15 is 0 Å². The molecule has 3 heterocycles. The fourth-order valence-corrected chi connectivity index (χ4v) is 4.74. The van der Waals surface area contributed by atoms with Gasteiger partial charge in [0.15, 0.2) is 0 Å². The molecule has 0 fully saturated rings. The van der Waals surface area contributed by atoms with E-state index in [1.807, 2.05) is 42.6 Å². The van der Waals surface area contributed by atoms with Gasteiger partial charge in [0.2, 0.25) is 5.78 Å². The lowest BCUT2D eigenvalue weighted by Crippen LogP contribution is -2.12. The average molecular weight is 481 g/mol. The van der Waals surface area contributed by atoms with E-state index in [9.17, 15) is 0 Å². The highest BCUT2D eigenvalue weighted by Crippen LogP contribution is 2.34. The molecule has 0 saturated heterocycles. The number of fused-ring (bicyclic) bond motifs is 5. The van der Waals surface area contributed by atoms with Crippen molar-refractivity contribution in [2.45, 2.75) is 33.1 Å². The summed E-state index contributed by atoms with van der Waals surface area (Å²) in [6.45, 7) is 8.72. The fraction of sp³-hybridized carbons (Fsp3) is 0.172. The quantitative estimate of drug-likeness (QED) is 0.259. The van der Waals surface area contributed by atoms with Gasteiger partial charge in [-0.3, -0.25) is 8.97 Å². The molecule has 0 aliphatic carbocycles. The first-order chi connectivity index (χ1) is 16.8. The molecule has 0 N–H and O–H groups in total. The van der Waals surface area contributed by atoms with Crippen molar-refractivity contribution in [1.29, 1.82) is 0 Å². The van der Waals surface area contributed by atoms with E-state index < -0.39 is 0 Å². The molecule has 0 unspecified atom stereocenters. The highest BCUT2D eigenvalue weighted by molar-refractivity contribution is 6.30. The van der Waals surface area contributed by atoms with E-state index in [2.05, 4.69) is 73.1 Å². The van der Waals surface area contributed by atoms with Crippen LogP contribution < -0.4 is 4.74 Å². The largest absolute Gasteiger partial charge is 0.457 e. The van der Waals surface area contributed by atoms with E-state index in [0.717, 1.165) is 39.2 Å². The summed E-state index contributed by atoms with van der Waals surface area (Å²) >= 11 is 6.17. The van der Waals surface area contributed by atoms with Gasteiger partial charge in [-0.05, 0) is 72.0 Å². The number of aromatic nitrogens is 4. The van der Waals surface area contributed by atoms with Crippen molar-refractivity contribution in [1.82, 2.24) is 18.9 Å². The zero-order valence-electron chi connectivity index (χ0n) is 20.1. The first kappa shape index (κ1) is 21.7. The minimum Gasteiger partial charge on any atom is -0.457 e. The maximum Gasteiger partial charge on any atom is 0.221 e. The molecule has 0 saturated carbocycles. The Balaban J connectivity index is 1.64. The van der Waals surface area contributed by atoms with E-state index in [1.54, 1.807) is 0 Å². The molecule has 3 aromatic carbocycles. The number of nitrogens with zero attached hydrogens (tertiary/aromatic N) is 4. The summed E-state index contributed by atoms with van der Waals surface area (Å²) in [5.41, 5.74) is 6.41. The molecule has 0 bridgehead atoms. The Morgan fingerprint density at radius 2 is 1.63 bits per heavy atom. The van der Waals surface area contributed by atoms with Gasteiger partial charge in [0.05, 0.1) is 22.1 Å². The molecule has 6 rings (SSSR count). The van der Waals surface area contributed by atoms with Crippen molar-refractivity contribution in [3.63, 3.8) is 0 Å². The second kappa shape index (κ2) is 7.85. The van der Waals surface area contributed by atoms with Crippen LogP contribution in [0.25, 0.3) is 33.7 Å². The number of rotatable bonds is 3. The number of hydrogen-bond donors (Lipinski definition) is 0. The molecule has 0 spiro atoms. The van der Waals surface area contributed by atoms with Crippen molar-refractivity contribution in [2.24, 2.45) is 0 Å². The summed E-state index contributed by atoms with van der Waals surface area (Å²) in [7, 11) is 0. The monoisotopic (exact) mass is 480 g/mol. The van der Waals surface area contributed by atoms with E-state index in [1.165, 1.54) is 5.56 Å². The van der Waals surface area contributed by atoms with Crippen molar-refractivity contribution in [3.05, 3.63) is 95.1 Å². The molecule has 6 aromatic rings. The van der Waals surface area contributed by atoms with E-state index in [0.29, 0.717) is 16.5 Å². The lowest BCUT2D eigenvalue weighted by molar-refractivity contribution is 0.483. The second-order valence-corrected chi connectivity index (χ2v) is 10.3. The molecule has 0 aliphatic heterocycles.